The van der Waals surface area contributed by atoms with Crippen molar-refractivity contribution >= 4 is 11.9 Å². The minimum atomic E-state index is -0.900. The normalized spacial score (nSPS) is 24.3. The van der Waals surface area contributed by atoms with Gasteiger partial charge in [-0.25, -0.2) is 0 Å². The third-order valence-electron chi connectivity index (χ3n) is 5.57. The number of carboxylic acid groups (broad SMARTS) is 1. The summed E-state index contributed by atoms with van der Waals surface area (Å²) in [5.41, 5.74) is -0.187. The van der Waals surface area contributed by atoms with Gasteiger partial charge < -0.3 is 29.0 Å². The van der Waals surface area contributed by atoms with Crippen molar-refractivity contribution in [2.24, 2.45) is 11.3 Å². The fraction of sp³-hybridized carbons (Fsp3) is 0.579. The van der Waals surface area contributed by atoms with Gasteiger partial charge in [-0.3, -0.25) is 9.59 Å². The van der Waals surface area contributed by atoms with E-state index in [0.29, 0.717) is 49.0 Å². The Morgan fingerprint density at radius 3 is 2.41 bits per heavy atom. The topological polar surface area (TPSA) is 94.5 Å². The van der Waals surface area contributed by atoms with Crippen LogP contribution in [0.5, 0.6) is 17.2 Å². The molecule has 2 fully saturated rings. The summed E-state index contributed by atoms with van der Waals surface area (Å²) >= 11 is 0. The van der Waals surface area contributed by atoms with Crippen LogP contribution >= 0.6 is 0 Å². The van der Waals surface area contributed by atoms with Gasteiger partial charge in [0.15, 0.2) is 11.5 Å². The second kappa shape index (κ2) is 7.64. The third-order valence-corrected chi connectivity index (χ3v) is 5.57. The first kappa shape index (κ1) is 19.3. The van der Waals surface area contributed by atoms with Crippen LogP contribution in [0.1, 0.15) is 12.0 Å². The SMILES string of the molecule is COc1cc(CC(=O)N2C[C@H]3COCC[C@@]3(C(=O)O)C2)cc(OC)c1OC. The first-order valence-corrected chi connectivity index (χ1v) is 8.83. The van der Waals surface area contributed by atoms with E-state index >= 15 is 0 Å². The Balaban J connectivity index is 1.79. The third kappa shape index (κ3) is 3.41. The monoisotopic (exact) mass is 379 g/mol. The Hall–Kier alpha value is -2.48. The van der Waals surface area contributed by atoms with Crippen LogP contribution in [0.15, 0.2) is 12.1 Å². The molecule has 8 nitrogen and oxygen atoms in total. The zero-order valence-corrected chi connectivity index (χ0v) is 15.8. The van der Waals surface area contributed by atoms with Crippen molar-refractivity contribution in [1.29, 1.82) is 0 Å². The molecule has 148 valence electrons. The van der Waals surface area contributed by atoms with Gasteiger partial charge in [0.1, 0.15) is 0 Å². The number of hydrogen-bond acceptors (Lipinski definition) is 6. The zero-order chi connectivity index (χ0) is 19.6. The quantitative estimate of drug-likeness (QED) is 0.794. The predicted octanol–water partition coefficient (Wildman–Crippen LogP) is 1.20. The molecular formula is C19H25NO7. The molecular weight excluding hydrogens is 354 g/mol. The Kier molecular flexibility index (Phi) is 5.46. The molecule has 0 aromatic heterocycles. The van der Waals surface area contributed by atoms with Gasteiger partial charge in [-0.05, 0) is 24.1 Å². The number of carbonyl (C=O) groups excluding carboxylic acids is 1. The van der Waals surface area contributed by atoms with Gasteiger partial charge in [0.25, 0.3) is 0 Å². The highest BCUT2D eigenvalue weighted by Gasteiger charge is 2.54. The van der Waals surface area contributed by atoms with Crippen LogP contribution in [0.25, 0.3) is 0 Å². The number of fused-ring (bicyclic) bond motifs is 1. The summed E-state index contributed by atoms with van der Waals surface area (Å²) in [6, 6.07) is 3.47. The van der Waals surface area contributed by atoms with Gasteiger partial charge >= 0.3 is 5.97 Å². The molecule has 2 heterocycles. The molecule has 1 aromatic carbocycles. The number of carboxylic acids is 1. The summed E-state index contributed by atoms with van der Waals surface area (Å²) < 4.78 is 21.4. The lowest BCUT2D eigenvalue weighted by atomic mass is 9.74. The number of benzene rings is 1. The molecule has 1 amide bonds. The zero-order valence-electron chi connectivity index (χ0n) is 15.8. The van der Waals surface area contributed by atoms with Crippen LogP contribution in [0.4, 0.5) is 0 Å². The molecule has 8 heteroatoms. The second-order valence-corrected chi connectivity index (χ2v) is 6.97. The molecule has 0 radical (unpaired) electrons. The van der Waals surface area contributed by atoms with Crippen molar-refractivity contribution in [2.45, 2.75) is 12.8 Å². The van der Waals surface area contributed by atoms with Crippen molar-refractivity contribution in [3.05, 3.63) is 17.7 Å². The largest absolute Gasteiger partial charge is 0.493 e. The maximum atomic E-state index is 12.9. The lowest BCUT2D eigenvalue weighted by Crippen LogP contribution is -2.45. The van der Waals surface area contributed by atoms with E-state index in [1.165, 1.54) is 21.3 Å². The number of aliphatic carboxylic acids is 1. The molecule has 1 aromatic rings. The number of nitrogens with zero attached hydrogens (tertiary/aromatic N) is 1. The Morgan fingerprint density at radius 2 is 1.89 bits per heavy atom. The van der Waals surface area contributed by atoms with Gasteiger partial charge in [-0.15, -0.1) is 0 Å². The van der Waals surface area contributed by atoms with E-state index in [2.05, 4.69) is 0 Å². The summed E-state index contributed by atoms with van der Waals surface area (Å²) in [5, 5.41) is 9.74. The number of carbonyl (C=O) groups is 2. The van der Waals surface area contributed by atoms with Crippen LogP contribution in [0.3, 0.4) is 0 Å². The van der Waals surface area contributed by atoms with Gasteiger partial charge in [0, 0.05) is 25.6 Å². The highest BCUT2D eigenvalue weighted by molar-refractivity contribution is 5.83. The number of likely N-dealkylation sites (tertiary alicyclic amines) is 1. The number of ether oxygens (including phenoxy) is 4. The van der Waals surface area contributed by atoms with E-state index in [4.69, 9.17) is 18.9 Å². The first-order valence-electron chi connectivity index (χ1n) is 8.83. The van der Waals surface area contributed by atoms with Crippen molar-refractivity contribution in [2.75, 3.05) is 47.6 Å². The molecule has 0 bridgehead atoms. The summed E-state index contributed by atoms with van der Waals surface area (Å²) in [4.78, 5) is 26.4. The van der Waals surface area contributed by atoms with Crippen molar-refractivity contribution in [1.82, 2.24) is 4.90 Å². The van der Waals surface area contributed by atoms with E-state index in [9.17, 15) is 14.7 Å². The van der Waals surface area contributed by atoms with E-state index in [1.807, 2.05) is 0 Å². The standard InChI is InChI=1S/C19H25NO7/c1-24-14-6-12(7-15(25-2)17(14)26-3)8-16(21)20-9-13-10-27-5-4-19(13,11-20)18(22)23/h6-7,13H,4-5,8-11H2,1-3H3,(H,22,23)/t13-,19+/m0/s1. The van der Waals surface area contributed by atoms with Crippen LogP contribution in [0, 0.1) is 11.3 Å². The molecule has 0 spiro atoms. The highest BCUT2D eigenvalue weighted by Crippen LogP contribution is 2.43. The van der Waals surface area contributed by atoms with Crippen molar-refractivity contribution < 1.29 is 33.6 Å². The number of hydrogen-bond donors (Lipinski definition) is 1. The fourth-order valence-corrected chi connectivity index (χ4v) is 4.01. The summed E-state index contributed by atoms with van der Waals surface area (Å²) in [7, 11) is 4.56. The predicted molar refractivity (Wildman–Crippen MR) is 95.4 cm³/mol. The average molecular weight is 379 g/mol. The molecule has 0 aliphatic carbocycles. The van der Waals surface area contributed by atoms with Crippen molar-refractivity contribution in [3.8, 4) is 17.2 Å². The van der Waals surface area contributed by atoms with Gasteiger partial charge in [0.2, 0.25) is 11.7 Å². The molecule has 1 N–H and O–H groups in total. The molecule has 27 heavy (non-hydrogen) atoms. The molecule has 2 aliphatic rings. The van der Waals surface area contributed by atoms with Crippen LogP contribution in [0.2, 0.25) is 0 Å². The Labute approximate surface area is 157 Å². The van der Waals surface area contributed by atoms with E-state index in [0.717, 1.165) is 0 Å². The van der Waals surface area contributed by atoms with Crippen LogP contribution in [-0.2, 0) is 20.7 Å². The Bertz CT molecular complexity index is 710. The number of methoxy groups -OCH3 is 3. The molecule has 2 saturated heterocycles. The van der Waals surface area contributed by atoms with Gasteiger partial charge in [-0.1, -0.05) is 0 Å². The van der Waals surface area contributed by atoms with E-state index in [-0.39, 0.29) is 24.8 Å². The minimum absolute atomic E-state index is 0.125. The van der Waals surface area contributed by atoms with Crippen LogP contribution < -0.4 is 14.2 Å². The maximum absolute atomic E-state index is 12.9. The summed E-state index contributed by atoms with van der Waals surface area (Å²) in [5.74, 6) is 0.270. The van der Waals surface area contributed by atoms with E-state index in [1.54, 1.807) is 17.0 Å². The smallest absolute Gasteiger partial charge is 0.311 e. The van der Waals surface area contributed by atoms with Crippen molar-refractivity contribution in [3.63, 3.8) is 0 Å². The minimum Gasteiger partial charge on any atom is -0.493 e. The second-order valence-electron chi connectivity index (χ2n) is 6.97. The lowest BCUT2D eigenvalue weighted by molar-refractivity contribution is -0.157. The number of amides is 1. The van der Waals surface area contributed by atoms with Gasteiger partial charge in [0.05, 0.1) is 39.8 Å². The lowest BCUT2D eigenvalue weighted by Gasteiger charge is -2.33. The first-order chi connectivity index (χ1) is 12.9. The molecule has 0 saturated carbocycles. The molecule has 0 unspecified atom stereocenters. The molecule has 2 aliphatic heterocycles. The fourth-order valence-electron chi connectivity index (χ4n) is 4.01. The van der Waals surface area contributed by atoms with Gasteiger partial charge in [-0.2, -0.15) is 0 Å². The van der Waals surface area contributed by atoms with Crippen LogP contribution in [-0.4, -0.2) is 69.5 Å². The molecule has 3 rings (SSSR count). The molecule has 2 atom stereocenters. The highest BCUT2D eigenvalue weighted by atomic mass is 16.5. The van der Waals surface area contributed by atoms with E-state index < -0.39 is 11.4 Å². The maximum Gasteiger partial charge on any atom is 0.311 e. The average Bonchev–Trinajstić information content (AvgIpc) is 3.08. The number of rotatable bonds is 6. The summed E-state index contributed by atoms with van der Waals surface area (Å²) in [6.07, 6.45) is 0.557. The summed E-state index contributed by atoms with van der Waals surface area (Å²) in [6.45, 7) is 1.41. The Morgan fingerprint density at radius 1 is 1.22 bits per heavy atom.